The normalized spacial score (nSPS) is 12.0. The van der Waals surface area contributed by atoms with E-state index in [1.54, 1.807) is 24.4 Å². The third-order valence-electron chi connectivity index (χ3n) is 3.12. The zero-order chi connectivity index (χ0) is 15.2. The molecule has 2 rings (SSSR count). The van der Waals surface area contributed by atoms with Crippen LogP contribution in [0.4, 0.5) is 0 Å². The highest BCUT2D eigenvalue weighted by Gasteiger charge is 2.11. The van der Waals surface area contributed by atoms with Crippen LogP contribution in [0.3, 0.4) is 0 Å². The standard InChI is InChI=1S/C16H17ClN2O2/c1-11(6-7-20)19-16(21)14-8-13(9-18-10-14)12-2-4-15(17)5-3-12/h2-5,8-11,20H,6-7H2,1H3,(H,19,21). The Bertz CT molecular complexity index is 614. The number of nitrogens with one attached hydrogen (secondary N) is 1. The average molecular weight is 305 g/mol. The summed E-state index contributed by atoms with van der Waals surface area (Å²) in [6.07, 6.45) is 3.76. The number of pyridine rings is 1. The van der Waals surface area contributed by atoms with Gasteiger partial charge in [0.2, 0.25) is 0 Å². The molecule has 2 N–H and O–H groups in total. The number of aliphatic hydroxyl groups is 1. The maximum atomic E-state index is 12.1. The average Bonchev–Trinajstić information content (AvgIpc) is 2.48. The summed E-state index contributed by atoms with van der Waals surface area (Å²) in [6, 6.07) is 9.07. The first-order chi connectivity index (χ1) is 10.1. The van der Waals surface area contributed by atoms with Crippen molar-refractivity contribution >= 4 is 17.5 Å². The van der Waals surface area contributed by atoms with Gasteiger partial charge in [0.1, 0.15) is 0 Å². The van der Waals surface area contributed by atoms with E-state index in [2.05, 4.69) is 10.3 Å². The highest BCUT2D eigenvalue weighted by molar-refractivity contribution is 6.30. The molecule has 1 amide bonds. The highest BCUT2D eigenvalue weighted by atomic mass is 35.5. The Labute approximate surface area is 128 Å². The molecule has 0 aliphatic heterocycles. The van der Waals surface area contributed by atoms with Crippen molar-refractivity contribution in [1.82, 2.24) is 10.3 Å². The number of benzene rings is 1. The predicted molar refractivity (Wildman–Crippen MR) is 83.3 cm³/mol. The molecule has 0 saturated carbocycles. The summed E-state index contributed by atoms with van der Waals surface area (Å²) in [7, 11) is 0. The van der Waals surface area contributed by atoms with Gasteiger partial charge in [-0.15, -0.1) is 0 Å². The van der Waals surface area contributed by atoms with Crippen LogP contribution in [0.1, 0.15) is 23.7 Å². The van der Waals surface area contributed by atoms with Crippen molar-refractivity contribution in [3.8, 4) is 11.1 Å². The van der Waals surface area contributed by atoms with E-state index in [9.17, 15) is 4.79 Å². The van der Waals surface area contributed by atoms with Gasteiger partial charge in [-0.3, -0.25) is 9.78 Å². The second-order valence-electron chi connectivity index (χ2n) is 4.86. The fourth-order valence-corrected chi connectivity index (χ4v) is 2.06. The third kappa shape index (κ3) is 4.28. The summed E-state index contributed by atoms with van der Waals surface area (Å²) in [5, 5.41) is 12.4. The van der Waals surface area contributed by atoms with Crippen LogP contribution in [-0.2, 0) is 0 Å². The van der Waals surface area contributed by atoms with Gasteiger partial charge in [0.25, 0.3) is 5.91 Å². The van der Waals surface area contributed by atoms with Crippen LogP contribution in [-0.4, -0.2) is 28.6 Å². The molecule has 1 atom stereocenters. The molecule has 1 unspecified atom stereocenters. The van der Waals surface area contributed by atoms with Gasteiger partial charge < -0.3 is 10.4 Å². The maximum absolute atomic E-state index is 12.1. The molecule has 0 aliphatic carbocycles. The summed E-state index contributed by atoms with van der Waals surface area (Å²) in [6.45, 7) is 1.90. The van der Waals surface area contributed by atoms with E-state index >= 15 is 0 Å². The van der Waals surface area contributed by atoms with E-state index in [0.29, 0.717) is 17.0 Å². The Hall–Kier alpha value is -1.91. The second-order valence-corrected chi connectivity index (χ2v) is 5.29. The number of rotatable bonds is 5. The lowest BCUT2D eigenvalue weighted by Gasteiger charge is -2.12. The summed E-state index contributed by atoms with van der Waals surface area (Å²) < 4.78 is 0. The lowest BCUT2D eigenvalue weighted by Crippen LogP contribution is -2.33. The SMILES string of the molecule is CC(CCO)NC(=O)c1cncc(-c2ccc(Cl)cc2)c1. The monoisotopic (exact) mass is 304 g/mol. The molecule has 1 heterocycles. The Morgan fingerprint density at radius 2 is 2.00 bits per heavy atom. The van der Waals surface area contributed by atoms with Crippen molar-refractivity contribution < 1.29 is 9.90 Å². The number of amides is 1. The molecule has 110 valence electrons. The van der Waals surface area contributed by atoms with Gasteiger partial charge >= 0.3 is 0 Å². The molecule has 21 heavy (non-hydrogen) atoms. The molecule has 0 spiro atoms. The Morgan fingerprint density at radius 3 is 2.67 bits per heavy atom. The molecule has 5 heteroatoms. The van der Waals surface area contributed by atoms with E-state index < -0.39 is 0 Å². The molecular formula is C16H17ClN2O2. The molecule has 0 aliphatic rings. The third-order valence-corrected chi connectivity index (χ3v) is 3.37. The molecule has 0 bridgehead atoms. The topological polar surface area (TPSA) is 62.2 Å². The van der Waals surface area contributed by atoms with E-state index in [0.717, 1.165) is 11.1 Å². The van der Waals surface area contributed by atoms with Crippen LogP contribution in [0.25, 0.3) is 11.1 Å². The lowest BCUT2D eigenvalue weighted by atomic mass is 10.1. The minimum Gasteiger partial charge on any atom is -0.396 e. The first kappa shape index (κ1) is 15.5. The largest absolute Gasteiger partial charge is 0.396 e. The first-order valence-corrected chi connectivity index (χ1v) is 7.10. The minimum absolute atomic E-state index is 0.0461. The first-order valence-electron chi connectivity index (χ1n) is 6.73. The van der Waals surface area contributed by atoms with Crippen molar-refractivity contribution in [3.05, 3.63) is 53.3 Å². The smallest absolute Gasteiger partial charge is 0.253 e. The van der Waals surface area contributed by atoms with Crippen molar-refractivity contribution in [2.75, 3.05) is 6.61 Å². The number of carbonyl (C=O) groups excluding carboxylic acids is 1. The second kappa shape index (κ2) is 7.20. The lowest BCUT2D eigenvalue weighted by molar-refractivity contribution is 0.0934. The van der Waals surface area contributed by atoms with E-state index in [-0.39, 0.29) is 18.6 Å². The van der Waals surface area contributed by atoms with E-state index in [1.165, 1.54) is 6.20 Å². The number of aliphatic hydroxyl groups excluding tert-OH is 1. The van der Waals surface area contributed by atoms with Crippen molar-refractivity contribution in [2.24, 2.45) is 0 Å². The summed E-state index contributed by atoms with van der Waals surface area (Å²) in [5.41, 5.74) is 2.30. The van der Waals surface area contributed by atoms with Gasteiger partial charge in [0.05, 0.1) is 5.56 Å². The summed E-state index contributed by atoms with van der Waals surface area (Å²) in [5.74, 6) is -0.195. The van der Waals surface area contributed by atoms with E-state index in [4.69, 9.17) is 16.7 Å². The number of hydrogen-bond donors (Lipinski definition) is 2. The van der Waals surface area contributed by atoms with Crippen molar-refractivity contribution in [1.29, 1.82) is 0 Å². The van der Waals surface area contributed by atoms with Crippen LogP contribution in [0, 0.1) is 0 Å². The molecule has 0 saturated heterocycles. The van der Waals surface area contributed by atoms with Gasteiger partial charge in [-0.2, -0.15) is 0 Å². The fourth-order valence-electron chi connectivity index (χ4n) is 1.94. The molecule has 0 fully saturated rings. The molecule has 4 nitrogen and oxygen atoms in total. The number of aromatic nitrogens is 1. The fraction of sp³-hybridized carbons (Fsp3) is 0.250. The van der Waals surface area contributed by atoms with Gasteiger partial charge in [-0.05, 0) is 37.1 Å². The summed E-state index contributed by atoms with van der Waals surface area (Å²) >= 11 is 5.87. The van der Waals surface area contributed by atoms with Gasteiger partial charge in [-0.25, -0.2) is 0 Å². The Kier molecular flexibility index (Phi) is 5.31. The van der Waals surface area contributed by atoms with E-state index in [1.807, 2.05) is 19.1 Å². The number of nitrogens with zero attached hydrogens (tertiary/aromatic N) is 1. The zero-order valence-corrected chi connectivity index (χ0v) is 12.5. The Balaban J connectivity index is 2.17. The predicted octanol–water partition coefficient (Wildman–Crippen LogP) is 2.90. The van der Waals surface area contributed by atoms with Crippen LogP contribution < -0.4 is 5.32 Å². The van der Waals surface area contributed by atoms with Crippen LogP contribution in [0.15, 0.2) is 42.7 Å². The number of halogens is 1. The van der Waals surface area contributed by atoms with Crippen LogP contribution >= 0.6 is 11.6 Å². The molecule has 0 radical (unpaired) electrons. The van der Waals surface area contributed by atoms with Crippen molar-refractivity contribution in [3.63, 3.8) is 0 Å². The molecule has 1 aromatic heterocycles. The maximum Gasteiger partial charge on any atom is 0.253 e. The summed E-state index contributed by atoms with van der Waals surface area (Å²) in [4.78, 5) is 16.2. The minimum atomic E-state index is -0.195. The highest BCUT2D eigenvalue weighted by Crippen LogP contribution is 2.21. The van der Waals surface area contributed by atoms with Crippen molar-refractivity contribution in [2.45, 2.75) is 19.4 Å². The Morgan fingerprint density at radius 1 is 1.29 bits per heavy atom. The van der Waals surface area contributed by atoms with Crippen LogP contribution in [0.5, 0.6) is 0 Å². The van der Waals surface area contributed by atoms with Gasteiger partial charge in [0.15, 0.2) is 0 Å². The van der Waals surface area contributed by atoms with Gasteiger partial charge in [0, 0.05) is 35.6 Å². The number of carbonyl (C=O) groups is 1. The quantitative estimate of drug-likeness (QED) is 0.893. The van der Waals surface area contributed by atoms with Crippen LogP contribution in [0.2, 0.25) is 5.02 Å². The van der Waals surface area contributed by atoms with Gasteiger partial charge in [-0.1, -0.05) is 23.7 Å². The molecular weight excluding hydrogens is 288 g/mol. The zero-order valence-electron chi connectivity index (χ0n) is 11.7. The molecule has 2 aromatic rings. The number of hydrogen-bond acceptors (Lipinski definition) is 3. The molecule has 1 aromatic carbocycles.